The van der Waals surface area contributed by atoms with E-state index >= 15 is 0 Å². The zero-order valence-electron chi connectivity index (χ0n) is 11.0. The molecule has 0 bridgehead atoms. The molecule has 4 nitrogen and oxygen atoms in total. The Bertz CT molecular complexity index is 405. The van der Waals surface area contributed by atoms with Crippen LogP contribution in [0, 0.1) is 0 Å². The minimum absolute atomic E-state index is 0.159. The van der Waals surface area contributed by atoms with Crippen molar-refractivity contribution in [1.29, 1.82) is 0 Å². The van der Waals surface area contributed by atoms with Crippen molar-refractivity contribution in [2.45, 2.75) is 18.6 Å². The van der Waals surface area contributed by atoms with Crippen LogP contribution in [-0.4, -0.2) is 76.2 Å². The smallest absolute Gasteiger partial charge is 0.344 e. The first-order chi connectivity index (χ1) is 9.28. The first-order valence-electron chi connectivity index (χ1n) is 6.25. The summed E-state index contributed by atoms with van der Waals surface area (Å²) >= 11 is 6.76. The summed E-state index contributed by atoms with van der Waals surface area (Å²) in [5.41, 5.74) is 0. The topological polar surface area (TPSA) is 26.8 Å². The second-order valence-corrected chi connectivity index (χ2v) is 6.68. The summed E-state index contributed by atoms with van der Waals surface area (Å²) in [6.45, 7) is 0.309. The Morgan fingerprint density at radius 2 is 2.10 bits per heavy atom. The normalized spacial score (nSPS) is 24.4. The Morgan fingerprint density at radius 3 is 2.65 bits per heavy atom. The van der Waals surface area contributed by atoms with Gasteiger partial charge in [0.15, 0.2) is 0 Å². The van der Waals surface area contributed by atoms with Crippen molar-refractivity contribution in [3.8, 4) is 0 Å². The van der Waals surface area contributed by atoms with E-state index in [0.717, 1.165) is 21.5 Å². The van der Waals surface area contributed by atoms with E-state index < -0.39 is 24.7 Å². The number of carbonyl (C=O) groups is 1. The Morgan fingerprint density at radius 1 is 1.40 bits per heavy atom. The standard InChI is InChI=1S/C11H16F3N3OS2/c1-15(7-17-4-5-20-10(17)19)8-2-3-16(9(8)18)6-11(12,13)14/h8H,2-7H2,1H3/t8-/m1/s1. The molecule has 0 saturated carbocycles. The van der Waals surface area contributed by atoms with E-state index in [4.69, 9.17) is 12.2 Å². The zero-order valence-corrected chi connectivity index (χ0v) is 12.7. The summed E-state index contributed by atoms with van der Waals surface area (Å²) in [4.78, 5) is 16.7. The number of alkyl halides is 3. The number of likely N-dealkylation sites (tertiary alicyclic amines) is 1. The summed E-state index contributed by atoms with van der Waals surface area (Å²) in [5.74, 6) is 0.480. The number of thioether (sulfide) groups is 1. The average molecular weight is 327 g/mol. The molecule has 2 aliphatic heterocycles. The maximum Gasteiger partial charge on any atom is 0.406 e. The van der Waals surface area contributed by atoms with Gasteiger partial charge in [0.05, 0.1) is 12.7 Å². The lowest BCUT2D eigenvalue weighted by Crippen LogP contribution is -2.46. The molecule has 2 rings (SSSR count). The molecule has 0 spiro atoms. The minimum atomic E-state index is -4.34. The van der Waals surface area contributed by atoms with E-state index in [9.17, 15) is 18.0 Å². The molecule has 1 atom stereocenters. The Balaban J connectivity index is 1.90. The number of hydrogen-bond donors (Lipinski definition) is 0. The second kappa shape index (κ2) is 6.07. The van der Waals surface area contributed by atoms with E-state index in [1.807, 2.05) is 4.90 Å². The highest BCUT2D eigenvalue weighted by molar-refractivity contribution is 8.23. The lowest BCUT2D eigenvalue weighted by Gasteiger charge is -2.29. The molecule has 2 aliphatic rings. The number of carbonyl (C=O) groups excluding carboxylic acids is 1. The van der Waals surface area contributed by atoms with E-state index in [1.54, 1.807) is 23.7 Å². The number of rotatable bonds is 4. The van der Waals surface area contributed by atoms with Gasteiger partial charge >= 0.3 is 6.18 Å². The first kappa shape index (κ1) is 15.8. The van der Waals surface area contributed by atoms with Gasteiger partial charge in [-0.25, -0.2) is 0 Å². The molecule has 0 radical (unpaired) electrons. The highest BCUT2D eigenvalue weighted by Crippen LogP contribution is 2.24. The third-order valence-corrected chi connectivity index (χ3v) is 4.91. The van der Waals surface area contributed by atoms with E-state index in [0.29, 0.717) is 13.1 Å². The van der Waals surface area contributed by atoms with Crippen LogP contribution in [0.2, 0.25) is 0 Å². The second-order valence-electron chi connectivity index (χ2n) is 4.96. The van der Waals surface area contributed by atoms with Crippen molar-refractivity contribution in [1.82, 2.24) is 14.7 Å². The molecule has 114 valence electrons. The molecule has 0 unspecified atom stereocenters. The van der Waals surface area contributed by atoms with Crippen LogP contribution in [0.4, 0.5) is 13.2 Å². The Labute approximate surface area is 125 Å². The van der Waals surface area contributed by atoms with Crippen LogP contribution in [0.5, 0.6) is 0 Å². The minimum Gasteiger partial charge on any atom is -0.344 e. The molecule has 0 N–H and O–H groups in total. The molecule has 0 aromatic heterocycles. The number of thiocarbonyl (C=S) groups is 1. The molecule has 0 aromatic carbocycles. The Hall–Kier alpha value is -0.540. The van der Waals surface area contributed by atoms with Crippen molar-refractivity contribution in [3.63, 3.8) is 0 Å². The van der Waals surface area contributed by atoms with Crippen molar-refractivity contribution < 1.29 is 18.0 Å². The predicted octanol–water partition coefficient (Wildman–Crippen LogP) is 1.37. The van der Waals surface area contributed by atoms with Crippen LogP contribution in [0.25, 0.3) is 0 Å². The monoisotopic (exact) mass is 327 g/mol. The molecule has 2 fully saturated rings. The van der Waals surface area contributed by atoms with E-state index in [-0.39, 0.29) is 6.54 Å². The van der Waals surface area contributed by atoms with Gasteiger partial charge in [0.25, 0.3) is 0 Å². The highest BCUT2D eigenvalue weighted by atomic mass is 32.2. The number of likely N-dealkylation sites (N-methyl/N-ethyl adjacent to an activating group) is 1. The third-order valence-electron chi connectivity index (χ3n) is 3.41. The van der Waals surface area contributed by atoms with Crippen LogP contribution < -0.4 is 0 Å². The summed E-state index contributed by atoms with van der Waals surface area (Å²) in [7, 11) is 1.76. The summed E-state index contributed by atoms with van der Waals surface area (Å²) in [6, 6.07) is -0.481. The molecule has 20 heavy (non-hydrogen) atoms. The molecule has 0 aromatic rings. The van der Waals surface area contributed by atoms with Gasteiger partial charge in [0.1, 0.15) is 10.9 Å². The van der Waals surface area contributed by atoms with Crippen molar-refractivity contribution in [2.24, 2.45) is 0 Å². The molecular weight excluding hydrogens is 311 g/mol. The van der Waals surface area contributed by atoms with Crippen LogP contribution in [0.15, 0.2) is 0 Å². The maximum atomic E-state index is 12.4. The van der Waals surface area contributed by atoms with Gasteiger partial charge in [-0.15, -0.1) is 0 Å². The fourth-order valence-corrected chi connectivity index (χ4v) is 3.64. The molecular formula is C11H16F3N3OS2. The number of nitrogens with zero attached hydrogens (tertiary/aromatic N) is 3. The van der Waals surface area contributed by atoms with Crippen molar-refractivity contribution >= 4 is 34.2 Å². The van der Waals surface area contributed by atoms with Crippen LogP contribution in [-0.2, 0) is 4.79 Å². The zero-order chi connectivity index (χ0) is 14.9. The van der Waals surface area contributed by atoms with Crippen molar-refractivity contribution in [2.75, 3.05) is 39.1 Å². The fourth-order valence-electron chi connectivity index (χ4n) is 2.43. The van der Waals surface area contributed by atoms with Gasteiger partial charge in [-0.1, -0.05) is 24.0 Å². The Kier molecular flexibility index (Phi) is 4.80. The SMILES string of the molecule is CN(CN1CCSC1=S)[C@@H]1CCN(CC(F)(F)F)C1=O. The maximum absolute atomic E-state index is 12.4. The number of amides is 1. The van der Waals surface area contributed by atoms with Crippen LogP contribution in [0.1, 0.15) is 6.42 Å². The molecule has 1 amide bonds. The predicted molar refractivity (Wildman–Crippen MR) is 75.4 cm³/mol. The van der Waals surface area contributed by atoms with Gasteiger partial charge < -0.3 is 9.80 Å². The molecule has 2 saturated heterocycles. The van der Waals surface area contributed by atoms with Crippen LogP contribution in [0.3, 0.4) is 0 Å². The van der Waals surface area contributed by atoms with Gasteiger partial charge in [-0.3, -0.25) is 9.69 Å². The van der Waals surface area contributed by atoms with E-state index in [2.05, 4.69) is 0 Å². The fraction of sp³-hybridized carbons (Fsp3) is 0.818. The van der Waals surface area contributed by atoms with E-state index in [1.165, 1.54) is 0 Å². The molecule has 2 heterocycles. The largest absolute Gasteiger partial charge is 0.406 e. The molecule has 9 heteroatoms. The molecule has 0 aliphatic carbocycles. The van der Waals surface area contributed by atoms with Gasteiger partial charge in [-0.05, 0) is 13.5 Å². The summed E-state index contributed by atoms with van der Waals surface area (Å²) in [6.07, 6.45) is -3.91. The lowest BCUT2D eigenvalue weighted by atomic mass is 10.2. The first-order valence-corrected chi connectivity index (χ1v) is 7.65. The summed E-state index contributed by atoms with van der Waals surface area (Å²) in [5, 5.41) is 0. The lowest BCUT2D eigenvalue weighted by molar-refractivity contribution is -0.159. The van der Waals surface area contributed by atoms with Crippen molar-refractivity contribution in [3.05, 3.63) is 0 Å². The third kappa shape index (κ3) is 3.76. The van der Waals surface area contributed by atoms with Gasteiger partial charge in [-0.2, -0.15) is 13.2 Å². The van der Waals surface area contributed by atoms with Gasteiger partial charge in [0.2, 0.25) is 5.91 Å². The van der Waals surface area contributed by atoms with Crippen LogP contribution >= 0.6 is 24.0 Å². The average Bonchev–Trinajstić information content (AvgIpc) is 2.86. The van der Waals surface area contributed by atoms with Gasteiger partial charge in [0, 0.05) is 18.8 Å². The summed E-state index contributed by atoms with van der Waals surface area (Å²) < 4.78 is 37.8. The number of halogens is 3. The highest BCUT2D eigenvalue weighted by Gasteiger charge is 2.41. The number of hydrogen-bond acceptors (Lipinski definition) is 4. The quantitative estimate of drug-likeness (QED) is 0.727.